The van der Waals surface area contributed by atoms with Crippen LogP contribution in [0.25, 0.3) is 0 Å². The Labute approximate surface area is 232 Å². The fourth-order valence-corrected chi connectivity index (χ4v) is 4.83. The highest BCUT2D eigenvalue weighted by atomic mass is 35.5. The van der Waals surface area contributed by atoms with Crippen molar-refractivity contribution in [2.24, 2.45) is 4.99 Å². The number of halogens is 2. The Balaban J connectivity index is 1.22. The molecule has 0 atom stereocenters. The number of likely N-dealkylation sites (N-methyl/N-ethyl adjacent to an activating group) is 1. The first kappa shape index (κ1) is 27.3. The molecule has 2 aliphatic rings. The molecular formula is C28H33ClFN7O2. The Hall–Kier alpha value is -3.31. The maximum Gasteiger partial charge on any atom is 0.183 e. The van der Waals surface area contributed by atoms with Crippen LogP contribution in [-0.4, -0.2) is 90.6 Å². The Morgan fingerprint density at radius 2 is 1.82 bits per heavy atom. The minimum Gasteiger partial charge on any atom is -0.506 e. The Kier molecular flexibility index (Phi) is 8.88. The minimum atomic E-state index is -0.472. The van der Waals surface area contributed by atoms with Crippen LogP contribution in [0.2, 0.25) is 5.02 Å². The number of benzene rings is 2. The molecule has 2 saturated heterocycles. The highest BCUT2D eigenvalue weighted by Gasteiger charge is 2.18. The van der Waals surface area contributed by atoms with Gasteiger partial charge in [-0.2, -0.15) is 0 Å². The SMILES string of the molecule is CN1CCN(Cc2ccc(Nc3cc(Cl)c(O)c(C=NCc4ncc(F)c(N5CCOCC5)n4)c3)cc2)CC1. The number of nitrogens with one attached hydrogen (secondary N) is 1. The summed E-state index contributed by atoms with van der Waals surface area (Å²) < 4.78 is 19.6. The van der Waals surface area contributed by atoms with Crippen LogP contribution in [0.5, 0.6) is 5.75 Å². The fraction of sp³-hybridized carbons (Fsp3) is 0.393. The predicted molar refractivity (Wildman–Crippen MR) is 152 cm³/mol. The molecule has 206 valence electrons. The van der Waals surface area contributed by atoms with Gasteiger partial charge in [0, 0.05) is 69.0 Å². The molecule has 2 fully saturated rings. The summed E-state index contributed by atoms with van der Waals surface area (Å²) in [5.74, 6) is 0.0959. The number of phenols is 1. The third-order valence-corrected chi connectivity index (χ3v) is 7.17. The molecule has 2 aromatic carbocycles. The number of nitrogens with zero attached hydrogens (tertiary/aromatic N) is 6. The van der Waals surface area contributed by atoms with Crippen molar-refractivity contribution in [3.05, 3.63) is 70.4 Å². The summed E-state index contributed by atoms with van der Waals surface area (Å²) in [6, 6.07) is 11.8. The van der Waals surface area contributed by atoms with Crippen LogP contribution in [-0.2, 0) is 17.8 Å². The van der Waals surface area contributed by atoms with Crippen molar-refractivity contribution in [1.29, 1.82) is 0 Å². The topological polar surface area (TPSA) is 89.3 Å². The lowest BCUT2D eigenvalue weighted by molar-refractivity contribution is 0.122. The predicted octanol–water partition coefficient (Wildman–Crippen LogP) is 3.92. The van der Waals surface area contributed by atoms with E-state index in [0.717, 1.165) is 50.3 Å². The van der Waals surface area contributed by atoms with Crippen LogP contribution in [0.4, 0.5) is 21.6 Å². The van der Waals surface area contributed by atoms with Crippen LogP contribution in [0.15, 0.2) is 47.6 Å². The number of aromatic nitrogens is 2. The van der Waals surface area contributed by atoms with Gasteiger partial charge in [0.15, 0.2) is 17.5 Å². The molecule has 5 rings (SSSR count). The summed E-state index contributed by atoms with van der Waals surface area (Å²) in [4.78, 5) is 19.5. The van der Waals surface area contributed by atoms with Gasteiger partial charge in [-0.1, -0.05) is 23.7 Å². The highest BCUT2D eigenvalue weighted by Crippen LogP contribution is 2.32. The number of aromatic hydroxyl groups is 1. The van der Waals surface area contributed by atoms with Crippen molar-refractivity contribution in [3.8, 4) is 5.75 Å². The molecule has 1 aromatic heterocycles. The molecule has 2 N–H and O–H groups in total. The van der Waals surface area contributed by atoms with E-state index in [-0.39, 0.29) is 23.1 Å². The van der Waals surface area contributed by atoms with Gasteiger partial charge in [0.2, 0.25) is 0 Å². The van der Waals surface area contributed by atoms with Gasteiger partial charge in [-0.3, -0.25) is 9.89 Å². The lowest BCUT2D eigenvalue weighted by Crippen LogP contribution is -2.43. The van der Waals surface area contributed by atoms with E-state index in [9.17, 15) is 9.50 Å². The Morgan fingerprint density at radius 3 is 2.56 bits per heavy atom. The first-order valence-electron chi connectivity index (χ1n) is 13.1. The molecule has 9 nitrogen and oxygen atoms in total. The van der Waals surface area contributed by atoms with E-state index in [1.807, 2.05) is 17.0 Å². The maximum absolute atomic E-state index is 14.3. The van der Waals surface area contributed by atoms with E-state index in [1.54, 1.807) is 12.1 Å². The minimum absolute atomic E-state index is 0.0671. The van der Waals surface area contributed by atoms with E-state index in [1.165, 1.54) is 11.8 Å². The van der Waals surface area contributed by atoms with Gasteiger partial charge < -0.3 is 25.0 Å². The molecular weight excluding hydrogens is 521 g/mol. The van der Waals surface area contributed by atoms with Crippen molar-refractivity contribution in [3.63, 3.8) is 0 Å². The zero-order chi connectivity index (χ0) is 27.2. The molecule has 2 aliphatic heterocycles. The number of anilines is 3. The average molecular weight is 554 g/mol. The smallest absolute Gasteiger partial charge is 0.183 e. The van der Waals surface area contributed by atoms with E-state index in [0.29, 0.717) is 37.7 Å². The van der Waals surface area contributed by atoms with E-state index >= 15 is 0 Å². The fourth-order valence-electron chi connectivity index (χ4n) is 4.61. The highest BCUT2D eigenvalue weighted by molar-refractivity contribution is 6.32. The molecule has 0 unspecified atom stereocenters. The maximum atomic E-state index is 14.3. The van der Waals surface area contributed by atoms with Crippen molar-refractivity contribution < 1.29 is 14.2 Å². The quantitative estimate of drug-likeness (QED) is 0.320. The van der Waals surface area contributed by atoms with Crippen molar-refractivity contribution >= 4 is 35.0 Å². The summed E-state index contributed by atoms with van der Waals surface area (Å²) in [5.41, 5.74) is 3.35. The zero-order valence-electron chi connectivity index (χ0n) is 22.0. The molecule has 3 aromatic rings. The number of hydrogen-bond acceptors (Lipinski definition) is 9. The Bertz CT molecular complexity index is 1290. The third-order valence-electron chi connectivity index (χ3n) is 6.89. The first-order chi connectivity index (χ1) is 18.9. The number of hydrogen-bond donors (Lipinski definition) is 2. The normalized spacial score (nSPS) is 17.2. The molecule has 0 aliphatic carbocycles. The summed E-state index contributed by atoms with van der Waals surface area (Å²) in [6.07, 6.45) is 2.69. The number of phenolic OH excluding ortho intramolecular Hbond substituents is 1. The van der Waals surface area contributed by atoms with Crippen LogP contribution in [0.3, 0.4) is 0 Å². The van der Waals surface area contributed by atoms with Crippen molar-refractivity contribution in [1.82, 2.24) is 19.8 Å². The second kappa shape index (κ2) is 12.7. The van der Waals surface area contributed by atoms with Gasteiger partial charge in [0.25, 0.3) is 0 Å². The second-order valence-electron chi connectivity index (χ2n) is 9.82. The molecule has 0 amide bonds. The largest absolute Gasteiger partial charge is 0.506 e. The number of piperazine rings is 1. The molecule has 39 heavy (non-hydrogen) atoms. The van der Waals surface area contributed by atoms with Crippen molar-refractivity contribution in [2.45, 2.75) is 13.1 Å². The van der Waals surface area contributed by atoms with Gasteiger partial charge in [-0.05, 0) is 36.9 Å². The van der Waals surface area contributed by atoms with E-state index in [2.05, 4.69) is 49.3 Å². The number of rotatable bonds is 8. The monoisotopic (exact) mass is 553 g/mol. The van der Waals surface area contributed by atoms with Gasteiger partial charge in [-0.15, -0.1) is 0 Å². The molecule has 0 spiro atoms. The van der Waals surface area contributed by atoms with Gasteiger partial charge >= 0.3 is 0 Å². The summed E-state index contributed by atoms with van der Waals surface area (Å²) in [6.45, 7) is 7.61. The average Bonchev–Trinajstić information content (AvgIpc) is 2.95. The molecule has 0 radical (unpaired) electrons. The third kappa shape index (κ3) is 7.21. The number of morpholine rings is 1. The zero-order valence-corrected chi connectivity index (χ0v) is 22.7. The van der Waals surface area contributed by atoms with Crippen LogP contribution in [0.1, 0.15) is 17.0 Å². The lowest BCUT2D eigenvalue weighted by Gasteiger charge is -2.32. The number of aliphatic imine (C=N–C) groups is 1. The van der Waals surface area contributed by atoms with Crippen LogP contribution >= 0.6 is 11.6 Å². The van der Waals surface area contributed by atoms with Gasteiger partial charge in [0.05, 0.1) is 31.0 Å². The molecule has 0 bridgehead atoms. The summed E-state index contributed by atoms with van der Waals surface area (Å²) in [7, 11) is 2.16. The Morgan fingerprint density at radius 1 is 1.08 bits per heavy atom. The standard InChI is InChI=1S/C28H33ClFN7O2/c1-35-6-8-36(9-7-35)19-20-2-4-22(5-3-20)33-23-14-21(27(38)24(29)15-23)16-31-18-26-32-17-25(30)28(34-26)37-10-12-39-13-11-37/h2-5,14-17,33,38H,6-13,18-19H2,1H3. The van der Waals surface area contributed by atoms with Crippen LogP contribution in [0, 0.1) is 5.82 Å². The first-order valence-corrected chi connectivity index (χ1v) is 13.5. The molecule has 3 heterocycles. The second-order valence-corrected chi connectivity index (χ2v) is 10.2. The lowest BCUT2D eigenvalue weighted by atomic mass is 10.1. The van der Waals surface area contributed by atoms with Gasteiger partial charge in [0.1, 0.15) is 5.75 Å². The molecule has 11 heteroatoms. The summed E-state index contributed by atoms with van der Waals surface area (Å²) >= 11 is 6.31. The van der Waals surface area contributed by atoms with E-state index < -0.39 is 5.82 Å². The van der Waals surface area contributed by atoms with Crippen LogP contribution < -0.4 is 10.2 Å². The number of ether oxygens (including phenoxy) is 1. The van der Waals surface area contributed by atoms with Gasteiger partial charge in [-0.25, -0.2) is 14.4 Å². The van der Waals surface area contributed by atoms with Crippen molar-refractivity contribution in [2.75, 3.05) is 69.7 Å². The molecule has 0 saturated carbocycles. The van der Waals surface area contributed by atoms with E-state index in [4.69, 9.17) is 16.3 Å². The summed E-state index contributed by atoms with van der Waals surface area (Å²) in [5, 5.41) is 14.0.